The van der Waals surface area contributed by atoms with Gasteiger partial charge in [0.15, 0.2) is 0 Å². The lowest BCUT2D eigenvalue weighted by Gasteiger charge is -2.26. The van der Waals surface area contributed by atoms with E-state index >= 15 is 0 Å². The molecule has 26 heavy (non-hydrogen) atoms. The molecule has 1 N–H and O–H groups in total. The fraction of sp³-hybridized carbons (Fsp3) is 0.278. The second-order valence-electron chi connectivity index (χ2n) is 5.83. The van der Waals surface area contributed by atoms with Gasteiger partial charge in [-0.2, -0.15) is 4.31 Å². The Bertz CT molecular complexity index is 913. The van der Waals surface area contributed by atoms with Crippen molar-refractivity contribution in [2.45, 2.75) is 11.8 Å². The Morgan fingerprint density at radius 3 is 2.73 bits per heavy atom. The van der Waals surface area contributed by atoms with Gasteiger partial charge in [-0.3, -0.25) is 4.79 Å². The Balaban J connectivity index is 1.72. The van der Waals surface area contributed by atoms with Crippen LogP contribution in [0.15, 0.2) is 46.7 Å². The second kappa shape index (κ2) is 8.13. The quantitative estimate of drug-likeness (QED) is 0.794. The van der Waals surface area contributed by atoms with Crippen LogP contribution in [0.1, 0.15) is 10.4 Å². The monoisotopic (exact) mass is 392 g/mol. The van der Waals surface area contributed by atoms with Crippen LogP contribution < -0.4 is 5.32 Å². The van der Waals surface area contributed by atoms with Crippen molar-refractivity contribution < 1.29 is 17.9 Å². The van der Waals surface area contributed by atoms with Gasteiger partial charge in [-0.1, -0.05) is 6.07 Å². The molecule has 138 valence electrons. The van der Waals surface area contributed by atoms with Gasteiger partial charge in [-0.25, -0.2) is 8.42 Å². The van der Waals surface area contributed by atoms with Crippen molar-refractivity contribution in [1.29, 1.82) is 0 Å². The van der Waals surface area contributed by atoms with E-state index in [-0.39, 0.29) is 10.8 Å². The van der Waals surface area contributed by atoms with Gasteiger partial charge < -0.3 is 10.1 Å². The van der Waals surface area contributed by atoms with Crippen LogP contribution >= 0.6 is 11.3 Å². The molecule has 0 unspecified atom stereocenters. The summed E-state index contributed by atoms with van der Waals surface area (Å²) >= 11 is 1.56. The number of carbonyl (C=O) groups is 1. The molecule has 1 aliphatic heterocycles. The molecule has 0 radical (unpaired) electrons. The first-order valence-corrected chi connectivity index (χ1v) is 10.5. The molecule has 1 saturated heterocycles. The first-order chi connectivity index (χ1) is 12.5. The molecule has 2 heterocycles. The summed E-state index contributed by atoms with van der Waals surface area (Å²) in [7, 11) is -3.59. The number of nitrogens with zero attached hydrogens (tertiary/aromatic N) is 1. The van der Waals surface area contributed by atoms with Crippen LogP contribution in [0.25, 0.3) is 6.08 Å². The van der Waals surface area contributed by atoms with Crippen LogP contribution in [0.5, 0.6) is 0 Å². The molecule has 0 atom stereocenters. The largest absolute Gasteiger partial charge is 0.379 e. The maximum atomic E-state index is 12.7. The maximum absolute atomic E-state index is 12.7. The minimum absolute atomic E-state index is 0.162. The predicted octanol–water partition coefficient (Wildman–Crippen LogP) is 2.73. The van der Waals surface area contributed by atoms with Crippen LogP contribution in [0, 0.1) is 6.92 Å². The van der Waals surface area contributed by atoms with E-state index in [4.69, 9.17) is 4.74 Å². The number of aryl methyl sites for hydroxylation is 1. The van der Waals surface area contributed by atoms with Crippen LogP contribution in [0.3, 0.4) is 0 Å². The van der Waals surface area contributed by atoms with Crippen molar-refractivity contribution in [3.05, 3.63) is 52.2 Å². The van der Waals surface area contributed by atoms with Gasteiger partial charge in [-0.05, 0) is 48.2 Å². The van der Waals surface area contributed by atoms with Gasteiger partial charge in [0.2, 0.25) is 15.9 Å². The molecule has 0 spiro atoms. The number of nitrogens with one attached hydrogen (secondary N) is 1. The van der Waals surface area contributed by atoms with Gasteiger partial charge >= 0.3 is 0 Å². The average Bonchev–Trinajstić information content (AvgIpc) is 3.06. The summed E-state index contributed by atoms with van der Waals surface area (Å²) in [5.74, 6) is -0.307. The molecule has 0 saturated carbocycles. The molecular weight excluding hydrogens is 372 g/mol. The minimum Gasteiger partial charge on any atom is -0.379 e. The molecule has 2 aromatic rings. The van der Waals surface area contributed by atoms with Crippen LogP contribution in [0.4, 0.5) is 5.69 Å². The molecule has 1 aromatic carbocycles. The molecule has 1 aliphatic rings. The summed E-state index contributed by atoms with van der Waals surface area (Å²) in [6, 6.07) is 8.29. The summed E-state index contributed by atoms with van der Waals surface area (Å²) in [5, 5.41) is 4.68. The van der Waals surface area contributed by atoms with Crippen LogP contribution in [0.2, 0.25) is 0 Å². The highest BCUT2D eigenvalue weighted by Crippen LogP contribution is 2.21. The van der Waals surface area contributed by atoms with Gasteiger partial charge in [0.1, 0.15) is 0 Å². The van der Waals surface area contributed by atoms with E-state index < -0.39 is 10.0 Å². The normalized spacial score (nSPS) is 16.0. The summed E-state index contributed by atoms with van der Waals surface area (Å²) in [6.45, 7) is 3.43. The Hall–Kier alpha value is -2.00. The Morgan fingerprint density at radius 1 is 1.27 bits per heavy atom. The van der Waals surface area contributed by atoms with Crippen LogP contribution in [-0.2, 0) is 19.6 Å². The lowest BCUT2D eigenvalue weighted by molar-refractivity contribution is -0.111. The molecule has 3 rings (SSSR count). The van der Waals surface area contributed by atoms with E-state index in [1.54, 1.807) is 29.5 Å². The van der Waals surface area contributed by atoms with E-state index in [9.17, 15) is 13.2 Å². The SMILES string of the molecule is Cc1ccsc1/C=C/C(=O)Nc1cccc(S(=O)(=O)N2CCOCC2)c1. The summed E-state index contributed by atoms with van der Waals surface area (Å²) < 4.78 is 32.0. The van der Waals surface area contributed by atoms with Gasteiger partial charge in [0.25, 0.3) is 0 Å². The predicted molar refractivity (Wildman–Crippen MR) is 103 cm³/mol. The van der Waals surface area contributed by atoms with E-state index in [1.807, 2.05) is 18.4 Å². The number of amides is 1. The lowest BCUT2D eigenvalue weighted by Crippen LogP contribution is -2.40. The Morgan fingerprint density at radius 2 is 2.04 bits per heavy atom. The van der Waals surface area contributed by atoms with Crippen molar-refractivity contribution in [1.82, 2.24) is 4.31 Å². The number of thiophene rings is 1. The number of benzene rings is 1. The number of rotatable bonds is 5. The Labute approximate surface area is 157 Å². The smallest absolute Gasteiger partial charge is 0.248 e. The zero-order valence-corrected chi connectivity index (χ0v) is 16.0. The van der Waals surface area contributed by atoms with Gasteiger partial charge in [-0.15, -0.1) is 11.3 Å². The first-order valence-electron chi connectivity index (χ1n) is 8.18. The van der Waals surface area contributed by atoms with Crippen molar-refractivity contribution in [3.8, 4) is 0 Å². The molecule has 6 nitrogen and oxygen atoms in total. The van der Waals surface area contributed by atoms with E-state index in [0.717, 1.165) is 10.4 Å². The highest BCUT2D eigenvalue weighted by molar-refractivity contribution is 7.89. The molecule has 0 bridgehead atoms. The Kier molecular flexibility index (Phi) is 5.87. The molecular formula is C18H20N2O4S2. The average molecular weight is 393 g/mol. The number of morpholine rings is 1. The number of carbonyl (C=O) groups excluding carboxylic acids is 1. The summed E-state index contributed by atoms with van der Waals surface area (Å²) in [4.78, 5) is 13.3. The number of anilines is 1. The van der Waals surface area contributed by atoms with Crippen molar-refractivity contribution >= 4 is 39.0 Å². The zero-order chi connectivity index (χ0) is 18.6. The summed E-state index contributed by atoms with van der Waals surface area (Å²) in [5.41, 5.74) is 1.55. The molecule has 1 aromatic heterocycles. The minimum atomic E-state index is -3.59. The molecule has 0 aliphatic carbocycles. The van der Waals surface area contributed by atoms with Crippen molar-refractivity contribution in [2.24, 2.45) is 0 Å². The lowest BCUT2D eigenvalue weighted by atomic mass is 10.2. The highest BCUT2D eigenvalue weighted by Gasteiger charge is 2.26. The molecule has 8 heteroatoms. The summed E-state index contributed by atoms with van der Waals surface area (Å²) in [6.07, 6.45) is 3.20. The fourth-order valence-corrected chi connectivity index (χ4v) is 4.83. The second-order valence-corrected chi connectivity index (χ2v) is 8.72. The zero-order valence-electron chi connectivity index (χ0n) is 14.3. The topological polar surface area (TPSA) is 75.7 Å². The molecule has 1 fully saturated rings. The number of ether oxygens (including phenoxy) is 1. The van der Waals surface area contributed by atoms with Crippen molar-refractivity contribution in [2.75, 3.05) is 31.6 Å². The third-order valence-electron chi connectivity index (χ3n) is 4.00. The first kappa shape index (κ1) is 18.8. The number of hydrogen-bond donors (Lipinski definition) is 1. The fourth-order valence-electron chi connectivity index (χ4n) is 2.56. The van der Waals surface area contributed by atoms with Gasteiger partial charge in [0, 0.05) is 29.7 Å². The molecule has 1 amide bonds. The van der Waals surface area contributed by atoms with Gasteiger partial charge in [0.05, 0.1) is 18.1 Å². The maximum Gasteiger partial charge on any atom is 0.248 e. The number of hydrogen-bond acceptors (Lipinski definition) is 5. The standard InChI is InChI=1S/C18H20N2O4S2/c1-14-7-12-25-17(14)5-6-18(21)19-15-3-2-4-16(13-15)26(22,23)20-8-10-24-11-9-20/h2-7,12-13H,8-11H2,1H3,(H,19,21)/b6-5+. The van der Waals surface area contributed by atoms with E-state index in [1.165, 1.54) is 22.5 Å². The third kappa shape index (κ3) is 4.39. The van der Waals surface area contributed by atoms with Crippen molar-refractivity contribution in [3.63, 3.8) is 0 Å². The van der Waals surface area contributed by atoms with E-state index in [0.29, 0.717) is 32.0 Å². The third-order valence-corrected chi connectivity index (χ3v) is 6.88. The highest BCUT2D eigenvalue weighted by atomic mass is 32.2. The van der Waals surface area contributed by atoms with Crippen LogP contribution in [-0.4, -0.2) is 44.9 Å². The van der Waals surface area contributed by atoms with E-state index in [2.05, 4.69) is 5.32 Å². The number of sulfonamides is 1.